The summed E-state index contributed by atoms with van der Waals surface area (Å²) in [6, 6.07) is 43.1. The molecule has 6 aromatic rings. The molecular formula is C59H36Cl2N2OP2Ru+4. The van der Waals surface area contributed by atoms with Crippen LogP contribution in [0.5, 0.6) is 0 Å². The minimum atomic E-state index is -2.03. The van der Waals surface area contributed by atoms with E-state index in [4.69, 9.17) is 56.5 Å². The number of rotatable bonds is 7. The second kappa shape index (κ2) is 29.8. The van der Waals surface area contributed by atoms with Crippen molar-refractivity contribution in [1.29, 1.82) is 0 Å². The van der Waals surface area contributed by atoms with Crippen LogP contribution in [0.4, 0.5) is 0 Å². The van der Waals surface area contributed by atoms with Gasteiger partial charge in [-0.2, -0.15) is 0 Å². The monoisotopic (exact) mass is 1020 g/mol. The summed E-state index contributed by atoms with van der Waals surface area (Å²) in [6.07, 6.45) is 20.1. The molecule has 3 nitrogen and oxygen atoms in total. The standard InChI is InChI=1S/C45H18OP2.C14H16N2.2ClH.Ru/c1-5-9-13-21-33-47(34-22-14-10-6-2)41-31-29-37-25-17-19-27-39(37)43(41)45(46)44-40-28-20-18-26-38(40)30-32-42(44)48(35-23-15-11-7-3)36-24-16-12-8-4;15-13(11-7-3-1-4-8-11)14(16)12-9-5-2-6-10-12;;;/h1-4,17-20,25-32,45-46H;1-10,13-14H,15-16H2;2*1H;/q;;;;+4. The van der Waals surface area contributed by atoms with Gasteiger partial charge in [0.1, 0.15) is 39.4 Å². The second-order valence-electron chi connectivity index (χ2n) is 13.1. The van der Waals surface area contributed by atoms with Gasteiger partial charge in [-0.1, -0.05) is 121 Å². The van der Waals surface area contributed by atoms with Crippen LogP contribution in [0.2, 0.25) is 0 Å². The Morgan fingerprint density at radius 2 is 0.716 bits per heavy atom. The molecule has 0 saturated heterocycles. The van der Waals surface area contributed by atoms with E-state index in [1.54, 1.807) is 0 Å². The van der Waals surface area contributed by atoms with Crippen molar-refractivity contribution in [2.45, 2.75) is 18.2 Å². The number of benzene rings is 6. The van der Waals surface area contributed by atoms with Gasteiger partial charge in [-0.05, 0) is 92.2 Å². The summed E-state index contributed by atoms with van der Waals surface area (Å²) in [7, 11) is 5.65. The Bertz CT molecular complexity index is 3100. The fraction of sp³-hybridized carbons (Fsp3) is 0.0508. The van der Waals surface area contributed by atoms with Gasteiger partial charge >= 0.3 is 34.5 Å². The van der Waals surface area contributed by atoms with Crippen molar-refractivity contribution in [2.75, 3.05) is 0 Å². The van der Waals surface area contributed by atoms with Crippen molar-refractivity contribution < 1.29 is 20.3 Å². The summed E-state index contributed by atoms with van der Waals surface area (Å²) in [4.78, 5) is 0. The molecule has 0 spiro atoms. The number of terminal acetylenes is 4. The average Bonchev–Trinajstić information content (AvgIpc) is 3.37. The first-order valence-electron chi connectivity index (χ1n) is 19.6. The van der Waals surface area contributed by atoms with Crippen molar-refractivity contribution in [3.05, 3.63) is 156 Å². The number of aliphatic hydroxyl groups excluding tert-OH is 1. The normalized spacial score (nSPS) is 9.79. The summed E-state index contributed by atoms with van der Waals surface area (Å²) >= 11 is -0.346. The van der Waals surface area contributed by atoms with Gasteiger partial charge in [-0.3, -0.25) is 0 Å². The molecule has 8 heteroatoms. The van der Waals surface area contributed by atoms with Gasteiger partial charge in [0, 0.05) is 70.6 Å². The maximum atomic E-state index is 12.7. The van der Waals surface area contributed by atoms with E-state index in [1.165, 1.54) is 0 Å². The van der Waals surface area contributed by atoms with Gasteiger partial charge in [0.15, 0.2) is 15.8 Å². The van der Waals surface area contributed by atoms with Crippen LogP contribution in [0.25, 0.3) is 21.5 Å². The van der Waals surface area contributed by atoms with Gasteiger partial charge in [-0.15, -0.1) is 25.7 Å². The number of aliphatic hydroxyl groups is 1. The topological polar surface area (TPSA) is 72.3 Å². The van der Waals surface area contributed by atoms with Crippen molar-refractivity contribution in [3.63, 3.8) is 0 Å². The fourth-order valence-electron chi connectivity index (χ4n) is 6.50. The number of hydrogen-bond donors (Lipinski definition) is 3. The predicted octanol–water partition coefficient (Wildman–Crippen LogP) is 8.91. The zero-order valence-electron chi connectivity index (χ0n) is 35.5. The third kappa shape index (κ3) is 15.9. The molecule has 316 valence electrons. The Kier molecular flexibility index (Phi) is 23.2. The van der Waals surface area contributed by atoms with E-state index in [1.807, 2.05) is 133 Å². The summed E-state index contributed by atoms with van der Waals surface area (Å²) in [6.45, 7) is 0. The molecule has 6 rings (SSSR count). The van der Waals surface area contributed by atoms with Crippen LogP contribution < -0.4 is 22.1 Å². The second-order valence-corrected chi connectivity index (χ2v) is 19.4. The van der Waals surface area contributed by atoms with Gasteiger partial charge in [0.05, 0.1) is 0 Å². The molecule has 0 radical (unpaired) electrons. The fourth-order valence-corrected chi connectivity index (χ4v) is 9.50. The Labute approximate surface area is 413 Å². The molecule has 2 unspecified atom stereocenters. The molecule has 0 aromatic heterocycles. The molecular weight excluding hydrogens is 987 g/mol. The molecule has 0 aliphatic heterocycles. The van der Waals surface area contributed by atoms with Gasteiger partial charge in [-0.25, -0.2) is 0 Å². The quantitative estimate of drug-likeness (QED) is 0.0851. The third-order valence-electron chi connectivity index (χ3n) is 9.32. The third-order valence-corrected chi connectivity index (χ3v) is 12.8. The first kappa shape index (κ1) is 52.1. The van der Waals surface area contributed by atoms with E-state index in [2.05, 4.69) is 117 Å². The summed E-state index contributed by atoms with van der Waals surface area (Å²) < 4.78 is 0. The Hall–Kier alpha value is -7.50. The number of hydrogen-bond acceptors (Lipinski definition) is 3. The number of halogens is 2. The van der Waals surface area contributed by atoms with Crippen LogP contribution in [0.15, 0.2) is 133 Å². The average molecular weight is 1020 g/mol. The molecule has 0 fully saturated rings. The number of fused-ring (bicyclic) bond motifs is 2. The molecule has 67 heavy (non-hydrogen) atoms. The van der Waals surface area contributed by atoms with E-state index in [-0.39, 0.29) is 27.2 Å². The van der Waals surface area contributed by atoms with Gasteiger partial charge in [0.2, 0.25) is 0 Å². The van der Waals surface area contributed by atoms with Crippen molar-refractivity contribution in [3.8, 4) is 143 Å². The first-order valence-corrected chi connectivity index (χ1v) is 27.1. The maximum absolute atomic E-state index is 12.7. The zero-order valence-corrected chi connectivity index (χ0v) is 40.7. The van der Waals surface area contributed by atoms with Crippen LogP contribution in [0.3, 0.4) is 0 Å². The molecule has 6 aromatic carbocycles. The molecule has 0 heterocycles. The van der Waals surface area contributed by atoms with Crippen molar-refractivity contribution in [2.24, 2.45) is 11.5 Å². The van der Waals surface area contributed by atoms with Crippen molar-refractivity contribution in [1.82, 2.24) is 0 Å². The molecule has 5 N–H and O–H groups in total. The molecule has 0 aliphatic rings. The van der Waals surface area contributed by atoms with Gasteiger partial charge < -0.3 is 16.6 Å². The summed E-state index contributed by atoms with van der Waals surface area (Å²) in [5.74, 6) is 41.2. The minimum absolute atomic E-state index is 0.163. The summed E-state index contributed by atoms with van der Waals surface area (Å²) in [5.41, 5.74) is 28.5. The number of nitrogens with two attached hydrogens (primary N) is 2. The molecule has 0 amide bonds. The van der Waals surface area contributed by atoms with E-state index in [9.17, 15) is 5.11 Å². The zero-order chi connectivity index (χ0) is 48.1. The van der Waals surface area contributed by atoms with Crippen LogP contribution in [-0.2, 0) is 15.1 Å². The Morgan fingerprint density at radius 3 is 1.03 bits per heavy atom. The van der Waals surface area contributed by atoms with Crippen molar-refractivity contribution >= 4 is 67.4 Å². The van der Waals surface area contributed by atoms with Gasteiger partial charge in [0.25, 0.3) is 0 Å². The Balaban J connectivity index is 0.000000427. The SMILES string of the molecule is C#CC#CC#C[PH+](C#CC#CC#C)c1ccc2ccccc2c1C(O)c1c([PH+](C#CC#CC#C)C#CC#CC#C)ccc2ccccc12.NC(c1ccccc1)C(N)c1ccccc1.[Cl][Ru+2][Cl]. The predicted molar refractivity (Wildman–Crippen MR) is 284 cm³/mol. The molecule has 2 atom stereocenters. The van der Waals surface area contributed by atoms with E-state index >= 15 is 0 Å². The van der Waals surface area contributed by atoms with Crippen LogP contribution in [0.1, 0.15) is 40.4 Å². The van der Waals surface area contributed by atoms with Crippen LogP contribution in [-0.4, -0.2) is 5.11 Å². The first-order chi connectivity index (χ1) is 32.8. The molecule has 0 bridgehead atoms. The van der Waals surface area contributed by atoms with E-state index < -0.39 is 21.9 Å². The van der Waals surface area contributed by atoms with Crippen LogP contribution in [0, 0.1) is 143 Å². The summed E-state index contributed by atoms with van der Waals surface area (Å²) in [5, 5.41) is 17.8. The van der Waals surface area contributed by atoms with E-state index in [0.717, 1.165) is 43.3 Å². The van der Waals surface area contributed by atoms with E-state index in [0.29, 0.717) is 11.1 Å². The molecule has 0 saturated carbocycles. The molecule has 0 aliphatic carbocycles. The Morgan fingerprint density at radius 1 is 0.418 bits per heavy atom. The van der Waals surface area contributed by atoms with Crippen LogP contribution >= 0.6 is 35.2 Å².